The minimum atomic E-state index is 0.358. The van der Waals surface area contributed by atoms with Crippen LogP contribution in [-0.4, -0.2) is 19.2 Å². The lowest BCUT2D eigenvalue weighted by atomic mass is 10.5. The first-order valence-corrected chi connectivity index (χ1v) is 3.88. The summed E-state index contributed by atoms with van der Waals surface area (Å²) in [5, 5.41) is 2.50. The van der Waals surface area contributed by atoms with Crippen molar-refractivity contribution in [3.05, 3.63) is 11.1 Å². The largest absolute Gasteiger partial charge is 0.473 e. The highest BCUT2D eigenvalue weighted by molar-refractivity contribution is 7.11. The van der Waals surface area contributed by atoms with Crippen LogP contribution in [0, 0.1) is 0 Å². The van der Waals surface area contributed by atoms with Gasteiger partial charge in [0, 0.05) is 5.38 Å². The van der Waals surface area contributed by atoms with Crippen LogP contribution in [0.3, 0.4) is 0 Å². The Morgan fingerprint density at radius 1 is 1.55 bits per heavy atom. The molecular weight excluding hydrogens is 166 g/mol. The molecule has 0 spiro atoms. The van der Waals surface area contributed by atoms with Gasteiger partial charge in [0.25, 0.3) is 5.19 Å². The van der Waals surface area contributed by atoms with Gasteiger partial charge in [0.15, 0.2) is 0 Å². The average Bonchev–Trinajstić information content (AvgIpc) is 2.48. The van der Waals surface area contributed by atoms with Gasteiger partial charge in [-0.2, -0.15) is 0 Å². The number of hydrogen-bond donors (Lipinski definition) is 0. The van der Waals surface area contributed by atoms with Gasteiger partial charge in [-0.25, -0.2) is 14.8 Å². The molecule has 11 heavy (non-hydrogen) atoms. The van der Waals surface area contributed by atoms with E-state index in [1.54, 1.807) is 7.11 Å². The topological polar surface area (TPSA) is 40.6 Å². The third kappa shape index (κ3) is 2.45. The van der Waals surface area contributed by atoms with Crippen molar-refractivity contribution >= 4 is 11.3 Å². The molecule has 0 aromatic carbocycles. The predicted molar refractivity (Wildman–Crippen MR) is 40.5 cm³/mol. The summed E-state index contributed by atoms with van der Waals surface area (Å²) in [5.41, 5.74) is 0.814. The Bertz CT molecular complexity index is 213. The van der Waals surface area contributed by atoms with Gasteiger partial charge in [-0.3, -0.25) is 0 Å². The van der Waals surface area contributed by atoms with Crippen LogP contribution in [0.25, 0.3) is 0 Å². The van der Waals surface area contributed by atoms with Gasteiger partial charge in [0.2, 0.25) is 0 Å². The molecule has 1 aromatic heterocycles. The van der Waals surface area contributed by atoms with E-state index in [1.165, 1.54) is 18.4 Å². The van der Waals surface area contributed by atoms with Gasteiger partial charge in [0.1, 0.15) is 6.61 Å². The number of hydrogen-bond acceptors (Lipinski definition) is 5. The smallest absolute Gasteiger partial charge is 0.273 e. The molecule has 4 nitrogen and oxygen atoms in total. The number of methoxy groups -OCH3 is 1. The molecule has 0 aliphatic carbocycles. The number of nitrogens with zero attached hydrogens (tertiary/aromatic N) is 1. The molecule has 1 rings (SSSR count). The first-order valence-electron chi connectivity index (χ1n) is 3.01. The lowest BCUT2D eigenvalue weighted by molar-refractivity contribution is -0.282. The summed E-state index contributed by atoms with van der Waals surface area (Å²) in [6.45, 7) is 0.358. The van der Waals surface area contributed by atoms with Crippen molar-refractivity contribution in [2.75, 3.05) is 14.2 Å². The molecule has 0 bridgehead atoms. The molecule has 1 heterocycles. The molecule has 0 N–H and O–H groups in total. The van der Waals surface area contributed by atoms with Gasteiger partial charge < -0.3 is 4.74 Å². The molecule has 0 fully saturated rings. The Morgan fingerprint density at radius 2 is 2.36 bits per heavy atom. The maximum absolute atomic E-state index is 4.89. The van der Waals surface area contributed by atoms with Crippen LogP contribution in [0.1, 0.15) is 5.69 Å². The molecule has 62 valence electrons. The summed E-state index contributed by atoms with van der Waals surface area (Å²) in [4.78, 5) is 13.1. The Morgan fingerprint density at radius 3 is 2.91 bits per heavy atom. The van der Waals surface area contributed by atoms with Crippen molar-refractivity contribution in [2.24, 2.45) is 0 Å². The quantitative estimate of drug-likeness (QED) is 0.509. The van der Waals surface area contributed by atoms with Gasteiger partial charge >= 0.3 is 0 Å². The zero-order chi connectivity index (χ0) is 8.10. The van der Waals surface area contributed by atoms with E-state index in [0.29, 0.717) is 11.8 Å². The van der Waals surface area contributed by atoms with Crippen LogP contribution >= 0.6 is 11.3 Å². The standard InChI is InChI=1S/C6H9NO3S/c1-8-6-7-5(4-11-6)3-10-9-2/h4H,3H2,1-2H3. The second-order valence-corrected chi connectivity index (χ2v) is 2.56. The first-order chi connectivity index (χ1) is 5.36. The average molecular weight is 175 g/mol. The van der Waals surface area contributed by atoms with Gasteiger partial charge in [0.05, 0.1) is 19.9 Å². The number of rotatable bonds is 4. The highest BCUT2D eigenvalue weighted by Crippen LogP contribution is 2.17. The van der Waals surface area contributed by atoms with E-state index in [9.17, 15) is 0 Å². The van der Waals surface area contributed by atoms with Gasteiger partial charge in [-0.15, -0.1) is 0 Å². The van der Waals surface area contributed by atoms with Crippen molar-refractivity contribution in [1.29, 1.82) is 0 Å². The summed E-state index contributed by atoms with van der Waals surface area (Å²) in [7, 11) is 3.05. The summed E-state index contributed by atoms with van der Waals surface area (Å²) in [6.07, 6.45) is 0. The number of aromatic nitrogens is 1. The number of thiazole rings is 1. The van der Waals surface area contributed by atoms with Crippen molar-refractivity contribution < 1.29 is 14.5 Å². The normalized spacial score (nSPS) is 10.0. The zero-order valence-corrected chi connectivity index (χ0v) is 7.18. The second kappa shape index (κ2) is 4.27. The van der Waals surface area contributed by atoms with E-state index in [-0.39, 0.29) is 0 Å². The zero-order valence-electron chi connectivity index (χ0n) is 6.36. The Hall–Kier alpha value is -0.650. The molecule has 1 aromatic rings. The highest BCUT2D eigenvalue weighted by Gasteiger charge is 2.00. The molecule has 0 radical (unpaired) electrons. The van der Waals surface area contributed by atoms with Gasteiger partial charge in [-0.1, -0.05) is 11.3 Å². The van der Waals surface area contributed by atoms with E-state index in [4.69, 9.17) is 4.74 Å². The Kier molecular flexibility index (Phi) is 3.28. The fourth-order valence-corrected chi connectivity index (χ4v) is 1.19. The van der Waals surface area contributed by atoms with E-state index in [0.717, 1.165) is 5.69 Å². The number of ether oxygens (including phenoxy) is 1. The lowest BCUT2D eigenvalue weighted by Crippen LogP contribution is -1.91. The lowest BCUT2D eigenvalue weighted by Gasteiger charge is -1.93. The van der Waals surface area contributed by atoms with Crippen LogP contribution < -0.4 is 4.74 Å². The van der Waals surface area contributed by atoms with Crippen molar-refractivity contribution in [3.63, 3.8) is 0 Å². The molecular formula is C6H9NO3S. The molecule has 0 amide bonds. The van der Waals surface area contributed by atoms with E-state index in [1.807, 2.05) is 5.38 Å². The summed E-state index contributed by atoms with van der Waals surface area (Å²) in [5.74, 6) is 0. The molecule has 0 unspecified atom stereocenters. The van der Waals surface area contributed by atoms with E-state index in [2.05, 4.69) is 14.8 Å². The van der Waals surface area contributed by atoms with Crippen LogP contribution in [0.15, 0.2) is 5.38 Å². The second-order valence-electron chi connectivity index (χ2n) is 1.74. The predicted octanol–water partition coefficient (Wildman–Crippen LogP) is 1.23. The van der Waals surface area contributed by atoms with Crippen molar-refractivity contribution in [1.82, 2.24) is 4.98 Å². The van der Waals surface area contributed by atoms with E-state index < -0.39 is 0 Å². The highest BCUT2D eigenvalue weighted by atomic mass is 32.1. The van der Waals surface area contributed by atoms with Crippen molar-refractivity contribution in [3.8, 4) is 5.19 Å². The molecule has 0 aliphatic heterocycles. The van der Waals surface area contributed by atoms with Crippen LogP contribution in [0.2, 0.25) is 0 Å². The molecule has 0 saturated carbocycles. The summed E-state index contributed by atoms with van der Waals surface area (Å²) in [6, 6.07) is 0. The Balaban J connectivity index is 2.44. The molecule has 0 saturated heterocycles. The molecule has 5 heteroatoms. The SMILES string of the molecule is COOCc1csc(OC)n1. The minimum Gasteiger partial charge on any atom is -0.473 e. The third-order valence-electron chi connectivity index (χ3n) is 1.03. The Labute approximate surface area is 68.7 Å². The maximum atomic E-state index is 4.89. The minimum absolute atomic E-state index is 0.358. The maximum Gasteiger partial charge on any atom is 0.273 e. The molecule has 0 aliphatic rings. The van der Waals surface area contributed by atoms with Crippen LogP contribution in [0.5, 0.6) is 5.19 Å². The first kappa shape index (κ1) is 8.45. The summed E-state index contributed by atoms with van der Waals surface area (Å²) < 4.78 is 4.89. The third-order valence-corrected chi connectivity index (χ3v) is 1.88. The van der Waals surface area contributed by atoms with Crippen LogP contribution in [-0.2, 0) is 16.4 Å². The summed E-state index contributed by atoms with van der Waals surface area (Å²) >= 11 is 1.43. The fourth-order valence-electron chi connectivity index (χ4n) is 0.568. The monoisotopic (exact) mass is 175 g/mol. The molecule has 0 atom stereocenters. The van der Waals surface area contributed by atoms with Gasteiger partial charge in [-0.05, 0) is 0 Å². The van der Waals surface area contributed by atoms with E-state index >= 15 is 0 Å². The fraction of sp³-hybridized carbons (Fsp3) is 0.500. The van der Waals surface area contributed by atoms with Crippen LogP contribution in [0.4, 0.5) is 0 Å². The van der Waals surface area contributed by atoms with Crippen molar-refractivity contribution in [2.45, 2.75) is 6.61 Å².